The molecule has 0 saturated carbocycles. The van der Waals surface area contributed by atoms with Gasteiger partial charge < -0.3 is 10.1 Å². The van der Waals surface area contributed by atoms with Crippen LogP contribution in [-0.2, 0) is 4.74 Å². The first-order valence-electron chi connectivity index (χ1n) is 5.48. The highest BCUT2D eigenvalue weighted by Crippen LogP contribution is 2.22. The number of hydrogen-bond donors (Lipinski definition) is 1. The van der Waals surface area contributed by atoms with Gasteiger partial charge in [-0.2, -0.15) is 0 Å². The number of methoxy groups -OCH3 is 1. The molecule has 2 unspecified atom stereocenters. The highest BCUT2D eigenvalue weighted by molar-refractivity contribution is 4.87. The summed E-state index contributed by atoms with van der Waals surface area (Å²) in [6.45, 7) is 8.07. The summed E-state index contributed by atoms with van der Waals surface area (Å²) in [4.78, 5) is 0. The molecular formula is C12H25NO. The van der Waals surface area contributed by atoms with Crippen LogP contribution in [-0.4, -0.2) is 25.8 Å². The zero-order valence-electron chi connectivity index (χ0n) is 10.1. The van der Waals surface area contributed by atoms with E-state index in [4.69, 9.17) is 4.74 Å². The fourth-order valence-corrected chi connectivity index (χ4v) is 1.75. The van der Waals surface area contributed by atoms with Gasteiger partial charge in [-0.1, -0.05) is 13.0 Å². The molecule has 0 heterocycles. The monoisotopic (exact) mass is 199 g/mol. The zero-order valence-corrected chi connectivity index (χ0v) is 10.1. The summed E-state index contributed by atoms with van der Waals surface area (Å²) < 4.78 is 5.58. The fraction of sp³-hybridized carbons (Fsp3) is 0.833. The lowest BCUT2D eigenvalue weighted by Gasteiger charge is -2.35. The minimum Gasteiger partial charge on any atom is -0.377 e. The number of nitrogens with one attached hydrogen (secondary N) is 1. The van der Waals surface area contributed by atoms with Crippen molar-refractivity contribution in [2.45, 2.75) is 51.2 Å². The molecule has 0 fully saturated rings. The Hall–Kier alpha value is -0.340. The smallest absolute Gasteiger partial charge is 0.0800 e. The van der Waals surface area contributed by atoms with Gasteiger partial charge >= 0.3 is 0 Å². The Morgan fingerprint density at radius 1 is 1.57 bits per heavy atom. The molecule has 0 spiro atoms. The molecule has 0 aromatic rings. The third kappa shape index (κ3) is 3.81. The van der Waals surface area contributed by atoms with Crippen molar-refractivity contribution >= 4 is 0 Å². The van der Waals surface area contributed by atoms with Crippen molar-refractivity contribution in [2.24, 2.45) is 0 Å². The summed E-state index contributed by atoms with van der Waals surface area (Å²) in [5.41, 5.74) is -0.0457. The van der Waals surface area contributed by atoms with Gasteiger partial charge in [-0.3, -0.25) is 0 Å². The molecule has 1 N–H and O–H groups in total. The van der Waals surface area contributed by atoms with E-state index >= 15 is 0 Å². The molecule has 0 saturated heterocycles. The zero-order chi connectivity index (χ0) is 11.0. The van der Waals surface area contributed by atoms with Crippen molar-refractivity contribution in [3.8, 4) is 0 Å². The normalized spacial score (nSPS) is 17.4. The lowest BCUT2D eigenvalue weighted by atomic mass is 9.89. The van der Waals surface area contributed by atoms with Crippen LogP contribution in [0.3, 0.4) is 0 Å². The molecule has 0 aromatic heterocycles. The Morgan fingerprint density at radius 3 is 2.57 bits per heavy atom. The Bertz CT molecular complexity index is 152. The molecule has 0 radical (unpaired) electrons. The average Bonchev–Trinajstić information content (AvgIpc) is 2.23. The molecule has 0 aliphatic heterocycles. The standard InChI is InChI=1S/C12H25NO/c1-6-8-9-10-11(13-4)12(3,7-2)14-5/h6,11,13H,1,7-10H2,2-5H3. The third-order valence-corrected chi connectivity index (χ3v) is 3.15. The van der Waals surface area contributed by atoms with E-state index in [1.54, 1.807) is 7.11 Å². The number of rotatable bonds is 8. The molecule has 0 aliphatic carbocycles. The maximum absolute atomic E-state index is 5.58. The lowest BCUT2D eigenvalue weighted by Crippen LogP contribution is -2.48. The summed E-state index contributed by atoms with van der Waals surface area (Å²) in [7, 11) is 3.80. The molecule has 0 rings (SSSR count). The molecule has 0 aliphatic rings. The van der Waals surface area contributed by atoms with Gasteiger partial charge in [0.2, 0.25) is 0 Å². The van der Waals surface area contributed by atoms with Crippen molar-refractivity contribution in [3.05, 3.63) is 12.7 Å². The predicted molar refractivity (Wildman–Crippen MR) is 62.6 cm³/mol. The molecule has 2 nitrogen and oxygen atoms in total. The number of hydrogen-bond acceptors (Lipinski definition) is 2. The van der Waals surface area contributed by atoms with E-state index < -0.39 is 0 Å². The van der Waals surface area contributed by atoms with Gasteiger partial charge in [-0.25, -0.2) is 0 Å². The highest BCUT2D eigenvalue weighted by atomic mass is 16.5. The molecule has 0 bridgehead atoms. The van der Waals surface area contributed by atoms with Crippen LogP contribution in [0, 0.1) is 0 Å². The molecule has 2 atom stereocenters. The minimum atomic E-state index is -0.0457. The second-order valence-electron chi connectivity index (χ2n) is 3.93. The van der Waals surface area contributed by atoms with E-state index in [2.05, 4.69) is 25.7 Å². The fourth-order valence-electron chi connectivity index (χ4n) is 1.75. The van der Waals surface area contributed by atoms with Crippen LogP contribution in [0.1, 0.15) is 39.5 Å². The number of likely N-dealkylation sites (N-methyl/N-ethyl adjacent to an activating group) is 1. The first-order valence-corrected chi connectivity index (χ1v) is 5.48. The van der Waals surface area contributed by atoms with E-state index in [1.807, 2.05) is 13.1 Å². The number of allylic oxidation sites excluding steroid dienone is 1. The van der Waals surface area contributed by atoms with E-state index in [9.17, 15) is 0 Å². The molecular weight excluding hydrogens is 174 g/mol. The second kappa shape index (κ2) is 7.02. The van der Waals surface area contributed by atoms with Gasteiger partial charge in [-0.05, 0) is 39.7 Å². The van der Waals surface area contributed by atoms with Crippen LogP contribution < -0.4 is 5.32 Å². The largest absolute Gasteiger partial charge is 0.377 e. The van der Waals surface area contributed by atoms with Crippen LogP contribution >= 0.6 is 0 Å². The number of ether oxygens (including phenoxy) is 1. The van der Waals surface area contributed by atoms with Crippen LogP contribution in [0.4, 0.5) is 0 Å². The quantitative estimate of drug-likeness (QED) is 0.479. The topological polar surface area (TPSA) is 21.3 Å². The van der Waals surface area contributed by atoms with Gasteiger partial charge in [0.15, 0.2) is 0 Å². The van der Waals surface area contributed by atoms with Gasteiger partial charge in [0.25, 0.3) is 0 Å². The van der Waals surface area contributed by atoms with E-state index in [1.165, 1.54) is 6.42 Å². The van der Waals surface area contributed by atoms with Gasteiger partial charge in [-0.15, -0.1) is 6.58 Å². The molecule has 84 valence electrons. The average molecular weight is 199 g/mol. The summed E-state index contributed by atoms with van der Waals surface area (Å²) in [5, 5.41) is 3.34. The molecule has 14 heavy (non-hydrogen) atoms. The van der Waals surface area contributed by atoms with Crippen LogP contribution in [0.25, 0.3) is 0 Å². The summed E-state index contributed by atoms with van der Waals surface area (Å²) in [5.74, 6) is 0. The SMILES string of the molecule is C=CCCCC(NC)C(C)(CC)OC. The summed E-state index contributed by atoms with van der Waals surface area (Å²) in [6.07, 6.45) is 6.41. The van der Waals surface area contributed by atoms with Gasteiger partial charge in [0, 0.05) is 13.2 Å². The van der Waals surface area contributed by atoms with Crippen LogP contribution in [0.2, 0.25) is 0 Å². The van der Waals surface area contributed by atoms with Gasteiger partial charge in [0.05, 0.1) is 5.60 Å². The molecule has 0 aromatic carbocycles. The first kappa shape index (κ1) is 13.7. The summed E-state index contributed by atoms with van der Waals surface area (Å²) in [6, 6.07) is 0.428. The van der Waals surface area contributed by atoms with Crippen molar-refractivity contribution in [2.75, 3.05) is 14.2 Å². The lowest BCUT2D eigenvalue weighted by molar-refractivity contribution is -0.0295. The Morgan fingerprint density at radius 2 is 2.21 bits per heavy atom. The van der Waals surface area contributed by atoms with Crippen LogP contribution in [0.5, 0.6) is 0 Å². The van der Waals surface area contributed by atoms with E-state index in [0.29, 0.717) is 6.04 Å². The minimum absolute atomic E-state index is 0.0457. The van der Waals surface area contributed by atoms with Crippen molar-refractivity contribution in [3.63, 3.8) is 0 Å². The third-order valence-electron chi connectivity index (χ3n) is 3.15. The predicted octanol–water partition coefficient (Wildman–Crippen LogP) is 2.75. The van der Waals surface area contributed by atoms with E-state index in [-0.39, 0.29) is 5.60 Å². The summed E-state index contributed by atoms with van der Waals surface area (Å²) >= 11 is 0. The molecule has 0 amide bonds. The maximum Gasteiger partial charge on any atom is 0.0800 e. The Kier molecular flexibility index (Phi) is 6.85. The molecule has 2 heteroatoms. The highest BCUT2D eigenvalue weighted by Gasteiger charge is 2.30. The Balaban J connectivity index is 4.14. The van der Waals surface area contributed by atoms with Crippen LogP contribution in [0.15, 0.2) is 12.7 Å². The van der Waals surface area contributed by atoms with E-state index in [0.717, 1.165) is 19.3 Å². The number of unbranched alkanes of at least 4 members (excludes halogenated alkanes) is 1. The van der Waals surface area contributed by atoms with Crippen molar-refractivity contribution in [1.82, 2.24) is 5.32 Å². The first-order chi connectivity index (χ1) is 6.64. The maximum atomic E-state index is 5.58. The Labute approximate surface area is 88.7 Å². The van der Waals surface area contributed by atoms with Crippen molar-refractivity contribution < 1.29 is 4.74 Å². The second-order valence-corrected chi connectivity index (χ2v) is 3.93. The van der Waals surface area contributed by atoms with Gasteiger partial charge in [0.1, 0.15) is 0 Å². The van der Waals surface area contributed by atoms with Crippen molar-refractivity contribution in [1.29, 1.82) is 0 Å².